The Morgan fingerprint density at radius 2 is 1.75 bits per heavy atom. The second-order valence-electron chi connectivity index (χ2n) is 6.38. The molecule has 0 spiro atoms. The normalized spacial score (nSPS) is 15.3. The fraction of sp³-hybridized carbons (Fsp3) is 0.389. The summed E-state index contributed by atoms with van der Waals surface area (Å²) in [5.41, 5.74) is 0.281. The molecule has 2 heterocycles. The number of ether oxygens (including phenoxy) is 2. The minimum absolute atomic E-state index is 0.0225. The van der Waals surface area contributed by atoms with Crippen LogP contribution in [0.4, 0.5) is 5.69 Å². The summed E-state index contributed by atoms with van der Waals surface area (Å²) >= 11 is 1.23. The molecule has 0 atom stereocenters. The number of hydrogen-bond acceptors (Lipinski definition) is 7. The quantitative estimate of drug-likeness (QED) is 0.761. The molecule has 3 rings (SSSR count). The number of carbonyl (C=O) groups is 1. The molecule has 1 saturated heterocycles. The number of hydrogen-bond donors (Lipinski definition) is 1. The lowest BCUT2D eigenvalue weighted by Crippen LogP contribution is -2.47. The third kappa shape index (κ3) is 4.23. The van der Waals surface area contributed by atoms with Crippen LogP contribution in [0.5, 0.6) is 11.5 Å². The van der Waals surface area contributed by atoms with Crippen LogP contribution >= 0.6 is 11.3 Å². The predicted molar refractivity (Wildman–Crippen MR) is 108 cm³/mol. The summed E-state index contributed by atoms with van der Waals surface area (Å²) in [5.74, 6) is 0.584. The highest BCUT2D eigenvalue weighted by Gasteiger charge is 2.26. The number of rotatable bonds is 6. The van der Waals surface area contributed by atoms with Gasteiger partial charge in [-0.3, -0.25) is 9.52 Å². The van der Waals surface area contributed by atoms with Crippen molar-refractivity contribution in [2.24, 2.45) is 0 Å². The highest BCUT2D eigenvalue weighted by molar-refractivity contribution is 7.92. The number of amides is 1. The zero-order valence-corrected chi connectivity index (χ0v) is 17.6. The number of carbonyl (C=O) groups excluding carboxylic acids is 1. The molecule has 0 saturated carbocycles. The number of likely N-dealkylation sites (N-methyl/N-ethyl adjacent to an activating group) is 1. The maximum absolute atomic E-state index is 12.8. The summed E-state index contributed by atoms with van der Waals surface area (Å²) < 4.78 is 38.5. The Morgan fingerprint density at radius 1 is 1.07 bits per heavy atom. The van der Waals surface area contributed by atoms with E-state index in [1.807, 2.05) is 7.05 Å². The maximum atomic E-state index is 12.8. The van der Waals surface area contributed by atoms with E-state index in [-0.39, 0.29) is 16.5 Å². The van der Waals surface area contributed by atoms with Gasteiger partial charge in [-0.2, -0.15) is 0 Å². The summed E-state index contributed by atoms with van der Waals surface area (Å²) in [6, 6.07) is 5.94. The van der Waals surface area contributed by atoms with Crippen LogP contribution in [-0.2, 0) is 10.0 Å². The van der Waals surface area contributed by atoms with Crippen LogP contribution in [0.15, 0.2) is 34.5 Å². The van der Waals surface area contributed by atoms with Crippen LogP contribution in [0.3, 0.4) is 0 Å². The monoisotopic (exact) mass is 425 g/mol. The van der Waals surface area contributed by atoms with Crippen molar-refractivity contribution in [3.05, 3.63) is 34.5 Å². The van der Waals surface area contributed by atoms with Gasteiger partial charge in [-0.15, -0.1) is 11.3 Å². The average molecular weight is 426 g/mol. The van der Waals surface area contributed by atoms with E-state index >= 15 is 0 Å². The van der Waals surface area contributed by atoms with Crippen molar-refractivity contribution in [1.82, 2.24) is 9.80 Å². The topological polar surface area (TPSA) is 88.2 Å². The molecular weight excluding hydrogens is 402 g/mol. The van der Waals surface area contributed by atoms with Crippen LogP contribution in [0, 0.1) is 0 Å². The van der Waals surface area contributed by atoms with Crippen LogP contribution in [0.2, 0.25) is 0 Å². The first-order valence-corrected chi connectivity index (χ1v) is 11.0. The van der Waals surface area contributed by atoms with E-state index in [4.69, 9.17) is 9.47 Å². The molecule has 10 heteroatoms. The molecule has 0 aliphatic carbocycles. The van der Waals surface area contributed by atoms with E-state index in [0.717, 1.165) is 13.1 Å². The third-order valence-corrected chi connectivity index (χ3v) is 6.83. The number of nitrogens with one attached hydrogen (secondary N) is 1. The summed E-state index contributed by atoms with van der Waals surface area (Å²) in [6.45, 7) is 2.83. The van der Waals surface area contributed by atoms with Gasteiger partial charge in [-0.1, -0.05) is 0 Å². The Kier molecular flexibility index (Phi) is 6.11. The Labute approximate surface area is 168 Å². The fourth-order valence-electron chi connectivity index (χ4n) is 2.90. The summed E-state index contributed by atoms with van der Waals surface area (Å²) in [5, 5.41) is 1.70. The van der Waals surface area contributed by atoms with Crippen molar-refractivity contribution in [1.29, 1.82) is 0 Å². The molecular formula is C18H23N3O5S2. The van der Waals surface area contributed by atoms with Crippen molar-refractivity contribution in [2.45, 2.75) is 4.90 Å². The van der Waals surface area contributed by atoms with Gasteiger partial charge in [-0.05, 0) is 30.6 Å². The van der Waals surface area contributed by atoms with Gasteiger partial charge in [0.05, 0.1) is 24.8 Å². The molecule has 1 aromatic heterocycles. The number of methoxy groups -OCH3 is 2. The maximum Gasteiger partial charge on any atom is 0.266 e. The first-order chi connectivity index (χ1) is 13.4. The van der Waals surface area contributed by atoms with E-state index in [1.54, 1.807) is 16.3 Å². The van der Waals surface area contributed by atoms with Crippen LogP contribution in [0.1, 0.15) is 9.67 Å². The molecule has 8 nitrogen and oxygen atoms in total. The van der Waals surface area contributed by atoms with Gasteiger partial charge < -0.3 is 19.3 Å². The molecule has 1 N–H and O–H groups in total. The van der Waals surface area contributed by atoms with E-state index < -0.39 is 10.0 Å². The van der Waals surface area contributed by atoms with Crippen molar-refractivity contribution in [3.63, 3.8) is 0 Å². The van der Waals surface area contributed by atoms with Gasteiger partial charge >= 0.3 is 0 Å². The number of anilines is 1. The van der Waals surface area contributed by atoms with Crippen molar-refractivity contribution < 1.29 is 22.7 Å². The van der Waals surface area contributed by atoms with Crippen LogP contribution < -0.4 is 14.2 Å². The smallest absolute Gasteiger partial charge is 0.266 e. The van der Waals surface area contributed by atoms with Crippen LogP contribution in [-0.4, -0.2) is 71.6 Å². The van der Waals surface area contributed by atoms with Crippen molar-refractivity contribution in [2.75, 3.05) is 52.2 Å². The van der Waals surface area contributed by atoms with Crippen molar-refractivity contribution in [3.8, 4) is 11.5 Å². The third-order valence-electron chi connectivity index (χ3n) is 4.56. The molecule has 0 bridgehead atoms. The molecule has 2 aromatic rings. The van der Waals surface area contributed by atoms with Gasteiger partial charge in [0, 0.05) is 32.2 Å². The SMILES string of the molecule is COc1ccc(S(=O)(=O)Nc2ccsc2C(=O)N2CCN(C)CC2)cc1OC. The van der Waals surface area contributed by atoms with Crippen molar-refractivity contribution >= 4 is 33.0 Å². The lowest BCUT2D eigenvalue weighted by molar-refractivity contribution is 0.0670. The minimum atomic E-state index is -3.89. The van der Waals surface area contributed by atoms with Gasteiger partial charge in [0.25, 0.3) is 15.9 Å². The van der Waals surface area contributed by atoms with Gasteiger partial charge in [-0.25, -0.2) is 8.42 Å². The second-order valence-corrected chi connectivity index (χ2v) is 8.98. The standard InChI is InChI=1S/C18H23N3O5S2/c1-20-7-9-21(10-8-20)18(22)17-14(6-11-27-17)19-28(23,24)13-4-5-15(25-2)16(12-13)26-3/h4-6,11-12,19H,7-10H2,1-3H3. The average Bonchev–Trinajstić information content (AvgIpc) is 3.14. The van der Waals surface area contributed by atoms with E-state index in [9.17, 15) is 13.2 Å². The zero-order chi connectivity index (χ0) is 20.3. The number of piperazine rings is 1. The van der Waals surface area contributed by atoms with Crippen LogP contribution in [0.25, 0.3) is 0 Å². The summed E-state index contributed by atoms with van der Waals surface area (Å²) in [7, 11) is 1.03. The number of benzene rings is 1. The Bertz CT molecular complexity index is 950. The Morgan fingerprint density at radius 3 is 2.39 bits per heavy atom. The van der Waals surface area contributed by atoms with E-state index in [1.165, 1.54) is 43.8 Å². The number of sulfonamides is 1. The number of thiophene rings is 1. The van der Waals surface area contributed by atoms with Gasteiger partial charge in [0.1, 0.15) is 4.88 Å². The molecule has 1 aliphatic rings. The number of nitrogens with zero attached hydrogens (tertiary/aromatic N) is 2. The van der Waals surface area contributed by atoms with E-state index in [0.29, 0.717) is 29.5 Å². The first-order valence-electron chi connectivity index (χ1n) is 8.66. The highest BCUT2D eigenvalue weighted by atomic mass is 32.2. The Hall–Kier alpha value is -2.30. The predicted octanol–water partition coefficient (Wildman–Crippen LogP) is 1.95. The molecule has 1 aliphatic heterocycles. The molecule has 1 amide bonds. The second kappa shape index (κ2) is 8.38. The first kappa shape index (κ1) is 20.4. The van der Waals surface area contributed by atoms with E-state index in [2.05, 4.69) is 9.62 Å². The lowest BCUT2D eigenvalue weighted by Gasteiger charge is -2.32. The van der Waals surface area contributed by atoms with Gasteiger partial charge in [0.15, 0.2) is 11.5 Å². The largest absolute Gasteiger partial charge is 0.493 e. The zero-order valence-electron chi connectivity index (χ0n) is 16.0. The minimum Gasteiger partial charge on any atom is -0.493 e. The molecule has 1 aromatic carbocycles. The van der Waals surface area contributed by atoms with Gasteiger partial charge in [0.2, 0.25) is 0 Å². The molecule has 152 valence electrons. The molecule has 1 fully saturated rings. The summed E-state index contributed by atoms with van der Waals surface area (Å²) in [6.07, 6.45) is 0. The fourth-order valence-corrected chi connectivity index (χ4v) is 4.86. The molecule has 28 heavy (non-hydrogen) atoms. The Balaban J connectivity index is 1.82. The highest BCUT2D eigenvalue weighted by Crippen LogP contribution is 2.31. The summed E-state index contributed by atoms with van der Waals surface area (Å²) in [4.78, 5) is 17.1. The molecule has 0 unspecified atom stereocenters. The molecule has 0 radical (unpaired) electrons. The lowest BCUT2D eigenvalue weighted by atomic mass is 10.3.